The van der Waals surface area contributed by atoms with Crippen LogP contribution in [0.4, 0.5) is 0 Å². The first-order chi connectivity index (χ1) is 13.2. The number of carbonyl (C=O) groups excluding carboxylic acids is 2. The topological polar surface area (TPSA) is 89.8 Å². The van der Waals surface area contributed by atoms with Gasteiger partial charge in [0.15, 0.2) is 5.69 Å². The monoisotopic (exact) mass is 379 g/mol. The number of hydrogen-bond donors (Lipinski definition) is 0. The maximum atomic E-state index is 12.9. The van der Waals surface area contributed by atoms with E-state index in [4.69, 9.17) is 9.47 Å². The summed E-state index contributed by atoms with van der Waals surface area (Å²) >= 11 is 0. The van der Waals surface area contributed by atoms with Gasteiger partial charge in [-0.3, -0.25) is 14.3 Å². The molecule has 0 unspecified atom stereocenters. The Balaban J connectivity index is 1.56. The van der Waals surface area contributed by atoms with Crippen LogP contribution in [0.15, 0.2) is 6.20 Å². The molecule has 2 aliphatic heterocycles. The van der Waals surface area contributed by atoms with E-state index in [1.165, 1.54) is 19.3 Å². The summed E-state index contributed by atoms with van der Waals surface area (Å²) < 4.78 is 12.2. The van der Waals surface area contributed by atoms with E-state index < -0.39 is 0 Å². The van der Waals surface area contributed by atoms with Crippen LogP contribution < -0.4 is 0 Å². The molecule has 1 aromatic heterocycles. The molecule has 2 aliphatic rings. The molecule has 0 radical (unpaired) electrons. The number of nitrogens with zero attached hydrogens (tertiary/aromatic N) is 5. The van der Waals surface area contributed by atoms with Gasteiger partial charge in [-0.2, -0.15) is 0 Å². The van der Waals surface area contributed by atoms with Gasteiger partial charge in [-0.15, -0.1) is 5.10 Å². The second-order valence-electron chi connectivity index (χ2n) is 7.01. The predicted octanol–water partition coefficient (Wildman–Crippen LogP) is 0.558. The predicted molar refractivity (Wildman–Crippen MR) is 97.2 cm³/mol. The number of piperidine rings is 1. The Morgan fingerprint density at radius 2 is 2.04 bits per heavy atom. The number of ether oxygens (including phenoxy) is 2. The van der Waals surface area contributed by atoms with Crippen molar-refractivity contribution in [3.63, 3.8) is 0 Å². The number of morpholine rings is 1. The molecule has 1 atom stereocenters. The molecule has 0 N–H and O–H groups in total. The first kappa shape index (κ1) is 19.8. The fourth-order valence-corrected chi connectivity index (χ4v) is 3.58. The molecule has 0 saturated carbocycles. The molecule has 150 valence electrons. The van der Waals surface area contributed by atoms with Crippen molar-refractivity contribution in [1.82, 2.24) is 24.8 Å². The highest BCUT2D eigenvalue weighted by atomic mass is 16.5. The number of hydrogen-bond acceptors (Lipinski definition) is 7. The fourth-order valence-electron chi connectivity index (χ4n) is 3.58. The van der Waals surface area contributed by atoms with Crippen LogP contribution in [0.3, 0.4) is 0 Å². The maximum absolute atomic E-state index is 12.9. The van der Waals surface area contributed by atoms with Crippen molar-refractivity contribution in [3.05, 3.63) is 11.9 Å². The second-order valence-corrected chi connectivity index (χ2v) is 7.01. The minimum Gasteiger partial charge on any atom is -0.466 e. The van der Waals surface area contributed by atoms with Gasteiger partial charge in [0.1, 0.15) is 0 Å². The molecule has 1 aromatic rings. The van der Waals surface area contributed by atoms with E-state index in [2.05, 4.69) is 15.2 Å². The summed E-state index contributed by atoms with van der Waals surface area (Å²) in [7, 11) is 0. The van der Waals surface area contributed by atoms with Gasteiger partial charge in [0.2, 0.25) is 0 Å². The first-order valence-electron chi connectivity index (χ1n) is 9.84. The van der Waals surface area contributed by atoms with E-state index in [1.807, 2.05) is 0 Å². The van der Waals surface area contributed by atoms with Crippen LogP contribution >= 0.6 is 0 Å². The summed E-state index contributed by atoms with van der Waals surface area (Å²) in [4.78, 5) is 28.7. The van der Waals surface area contributed by atoms with Crippen LogP contribution in [-0.4, -0.2) is 88.7 Å². The highest BCUT2D eigenvalue weighted by Gasteiger charge is 2.31. The summed E-state index contributed by atoms with van der Waals surface area (Å²) in [5, 5.41) is 8.15. The number of likely N-dealkylation sites (tertiary alicyclic amines) is 1. The summed E-state index contributed by atoms with van der Waals surface area (Å²) in [6, 6.07) is -0.330. The molecule has 2 fully saturated rings. The van der Waals surface area contributed by atoms with E-state index >= 15 is 0 Å². The Morgan fingerprint density at radius 3 is 2.81 bits per heavy atom. The van der Waals surface area contributed by atoms with Gasteiger partial charge >= 0.3 is 5.97 Å². The zero-order valence-corrected chi connectivity index (χ0v) is 16.0. The average Bonchev–Trinajstić information content (AvgIpc) is 3.16. The van der Waals surface area contributed by atoms with Crippen molar-refractivity contribution in [2.45, 2.75) is 45.2 Å². The zero-order valence-electron chi connectivity index (χ0n) is 16.0. The van der Waals surface area contributed by atoms with Crippen LogP contribution in [0.5, 0.6) is 0 Å². The van der Waals surface area contributed by atoms with E-state index in [-0.39, 0.29) is 24.3 Å². The largest absolute Gasteiger partial charge is 0.466 e. The SMILES string of the molecule is CCOC(=O)C[C@H]1COCCN1C(=O)c1cn(CCN2CCCCC2)nn1. The van der Waals surface area contributed by atoms with Gasteiger partial charge in [0.05, 0.1) is 45.0 Å². The normalized spacial score (nSPS) is 21.2. The first-order valence-corrected chi connectivity index (χ1v) is 9.84. The van der Waals surface area contributed by atoms with Gasteiger partial charge in [-0.1, -0.05) is 11.6 Å². The van der Waals surface area contributed by atoms with Gasteiger partial charge in [0.25, 0.3) is 5.91 Å². The molecule has 2 saturated heterocycles. The third kappa shape index (κ3) is 5.49. The number of aromatic nitrogens is 3. The molecule has 9 nitrogen and oxygen atoms in total. The lowest BCUT2D eigenvalue weighted by Crippen LogP contribution is -2.49. The Hall–Kier alpha value is -2.00. The number of amides is 1. The third-order valence-electron chi connectivity index (χ3n) is 5.05. The van der Waals surface area contributed by atoms with Gasteiger partial charge < -0.3 is 19.3 Å². The van der Waals surface area contributed by atoms with Crippen LogP contribution in [0.2, 0.25) is 0 Å². The Kier molecular flexibility index (Phi) is 7.17. The molecule has 3 heterocycles. The van der Waals surface area contributed by atoms with Crippen LogP contribution in [-0.2, 0) is 20.8 Å². The molecule has 0 aliphatic carbocycles. The average molecular weight is 379 g/mol. The molecule has 0 spiro atoms. The molecular formula is C18H29N5O4. The zero-order chi connectivity index (χ0) is 19.1. The van der Waals surface area contributed by atoms with Crippen molar-refractivity contribution in [2.75, 3.05) is 46.0 Å². The molecule has 0 aromatic carbocycles. The standard InChI is InChI=1S/C18H29N5O4/c1-2-27-17(24)12-15-14-26-11-10-23(15)18(25)16-13-22(20-19-16)9-8-21-6-4-3-5-7-21/h13,15H,2-12,14H2,1H3/t15-/m0/s1. The van der Waals surface area contributed by atoms with Crippen molar-refractivity contribution in [1.29, 1.82) is 0 Å². The summed E-state index contributed by atoms with van der Waals surface area (Å²) in [6.07, 6.45) is 5.64. The molecule has 3 rings (SSSR count). The quantitative estimate of drug-likeness (QED) is 0.639. The summed E-state index contributed by atoms with van der Waals surface area (Å²) in [6.45, 7) is 7.20. The minimum absolute atomic E-state index is 0.128. The summed E-state index contributed by atoms with van der Waals surface area (Å²) in [5.74, 6) is -0.534. The smallest absolute Gasteiger partial charge is 0.307 e. The minimum atomic E-state index is -0.330. The Bertz CT molecular complexity index is 629. The Morgan fingerprint density at radius 1 is 1.22 bits per heavy atom. The fraction of sp³-hybridized carbons (Fsp3) is 0.778. The van der Waals surface area contributed by atoms with E-state index in [0.29, 0.717) is 32.1 Å². The van der Waals surface area contributed by atoms with Gasteiger partial charge in [-0.05, 0) is 32.9 Å². The second kappa shape index (κ2) is 9.80. The lowest BCUT2D eigenvalue weighted by Gasteiger charge is -2.34. The maximum Gasteiger partial charge on any atom is 0.307 e. The lowest BCUT2D eigenvalue weighted by molar-refractivity contribution is -0.145. The van der Waals surface area contributed by atoms with Crippen LogP contribution in [0.1, 0.15) is 43.1 Å². The van der Waals surface area contributed by atoms with Gasteiger partial charge in [-0.25, -0.2) is 0 Å². The number of rotatable bonds is 7. The van der Waals surface area contributed by atoms with Crippen molar-refractivity contribution in [3.8, 4) is 0 Å². The third-order valence-corrected chi connectivity index (χ3v) is 5.05. The molecule has 0 bridgehead atoms. The highest BCUT2D eigenvalue weighted by Crippen LogP contribution is 2.15. The lowest BCUT2D eigenvalue weighted by atomic mass is 10.1. The molecule has 9 heteroatoms. The number of esters is 1. The van der Waals surface area contributed by atoms with E-state index in [1.54, 1.807) is 22.7 Å². The van der Waals surface area contributed by atoms with Crippen molar-refractivity contribution in [2.24, 2.45) is 0 Å². The number of carbonyl (C=O) groups is 2. The van der Waals surface area contributed by atoms with E-state index in [9.17, 15) is 9.59 Å². The van der Waals surface area contributed by atoms with E-state index in [0.717, 1.165) is 26.2 Å². The van der Waals surface area contributed by atoms with Gasteiger partial charge in [0, 0.05) is 13.1 Å². The molecule has 27 heavy (non-hydrogen) atoms. The Labute approximate surface area is 159 Å². The van der Waals surface area contributed by atoms with Crippen LogP contribution in [0.25, 0.3) is 0 Å². The molecular weight excluding hydrogens is 350 g/mol. The van der Waals surface area contributed by atoms with Crippen molar-refractivity contribution < 1.29 is 19.1 Å². The summed E-state index contributed by atoms with van der Waals surface area (Å²) in [5.41, 5.74) is 0.310. The molecule has 1 amide bonds. The van der Waals surface area contributed by atoms with Crippen molar-refractivity contribution >= 4 is 11.9 Å². The highest BCUT2D eigenvalue weighted by molar-refractivity contribution is 5.92. The van der Waals surface area contributed by atoms with Crippen LogP contribution in [0, 0.1) is 0 Å².